The molecule has 18 rings (SSSR count). The van der Waals surface area contributed by atoms with Crippen molar-refractivity contribution in [2.75, 3.05) is 116 Å². The van der Waals surface area contributed by atoms with Crippen molar-refractivity contribution in [2.45, 2.75) is 26.2 Å². The maximum atomic E-state index is 12.9. The largest absolute Gasteiger partial charge is 0.351 e. The molecule has 2 saturated heterocycles. The van der Waals surface area contributed by atoms with Gasteiger partial charge in [0.25, 0.3) is 23.6 Å². The summed E-state index contributed by atoms with van der Waals surface area (Å²) < 4.78 is 0. The van der Waals surface area contributed by atoms with E-state index in [-0.39, 0.29) is 29.0 Å². The van der Waals surface area contributed by atoms with Gasteiger partial charge in [-0.05, 0) is 183 Å². The lowest BCUT2D eigenvalue weighted by molar-refractivity contribution is 0.0652. The van der Waals surface area contributed by atoms with Crippen LogP contribution in [-0.4, -0.2) is 227 Å². The van der Waals surface area contributed by atoms with Crippen LogP contribution >= 0.6 is 0 Å². The molecule has 4 amide bonds. The maximum Gasteiger partial charge on any atom is 0.270 e. The van der Waals surface area contributed by atoms with Gasteiger partial charge in [0.05, 0.1) is 45.6 Å². The Balaban J connectivity index is 0.000000125. The molecule has 0 spiro atoms. The summed E-state index contributed by atoms with van der Waals surface area (Å²) in [6, 6.07) is 59.5. The van der Waals surface area contributed by atoms with Crippen LogP contribution in [0.2, 0.25) is 0 Å². The predicted octanol–water partition coefficient (Wildman–Crippen LogP) is 14.5. The van der Waals surface area contributed by atoms with E-state index in [1.54, 1.807) is 81.4 Å². The van der Waals surface area contributed by atoms with Gasteiger partial charge >= 0.3 is 0 Å². The minimum atomic E-state index is -0.0629. The fourth-order valence-electron chi connectivity index (χ4n) is 13.5. The Morgan fingerprint density at radius 1 is 0.317 bits per heavy atom. The zero-order valence-corrected chi connectivity index (χ0v) is 67.9. The van der Waals surface area contributed by atoms with Gasteiger partial charge in [-0.3, -0.25) is 39.1 Å². The summed E-state index contributed by atoms with van der Waals surface area (Å²) in [6.45, 7) is 13.1. The van der Waals surface area contributed by atoms with Crippen LogP contribution in [0.15, 0.2) is 238 Å². The summed E-state index contributed by atoms with van der Waals surface area (Å²) in [5.74, 6) is 1.91. The second-order valence-electron chi connectivity index (χ2n) is 30.4. The number of H-pyrrole nitrogens is 4. The van der Waals surface area contributed by atoms with Crippen molar-refractivity contribution >= 4 is 114 Å². The summed E-state index contributed by atoms with van der Waals surface area (Å²) >= 11 is 0. The number of aromatic nitrogens is 16. The van der Waals surface area contributed by atoms with E-state index in [9.17, 15) is 19.2 Å². The van der Waals surface area contributed by atoms with Gasteiger partial charge in [0, 0.05) is 196 Å². The lowest BCUT2D eigenvalue weighted by Gasteiger charge is -2.32. The molecule has 0 unspecified atom stereocenters. The summed E-state index contributed by atoms with van der Waals surface area (Å²) in [6.07, 6.45) is 13.9. The molecule has 30 heteroatoms. The molecule has 16 aromatic rings. The van der Waals surface area contributed by atoms with Crippen LogP contribution in [0.4, 0.5) is 46.5 Å². The number of nitrogens with one attached hydrogen (secondary N) is 8. The highest BCUT2D eigenvalue weighted by Crippen LogP contribution is 2.31. The molecule has 0 saturated carbocycles. The molecule has 604 valence electrons. The van der Waals surface area contributed by atoms with Crippen molar-refractivity contribution in [1.29, 1.82) is 0 Å². The number of rotatable bonds is 16. The smallest absolute Gasteiger partial charge is 0.270 e. The number of carbonyl (C=O) groups excluding carboxylic acids is 4. The molecule has 2 fully saturated rings. The second-order valence-corrected chi connectivity index (χ2v) is 30.4. The molecule has 2 aliphatic rings. The number of piperazine rings is 2. The standard InChI is InChI=1S/C27H31N7O.C23H23N7O.2C20H18N6O/c1-27(2,3)19-7-9-28-23(17-19)22-8-10-29-26(32-22)30-20-5-6-21-18(15-20)16-24(31-21)25(35)34-13-11-33(4)12-14-34;1-29-10-12-30(13-11-29)22(31)21-14-16-5-6-17(15-20(16)27-21)26-23-25-9-7-19(28-23)18-4-2-3-8-24-18;1-26(2)19(27)18-12-13-11-14(6-7-15(13)24-18)23-20-22-10-8-17(25-20)16-5-3-4-9-21-16;1-26(2)19(27)18-11-13-6-7-14(12-17(13)24-18)23-20-22-10-8-16(25-20)15-5-3-4-9-21-15/h5-10,15-17,31H,11-14H2,1-4H3,(H,29,30,32);2-9,14-15,27H,10-13H2,1H3,(H,25,26,28);2*3-12,24H,1-2H3,(H,22,23,25). The first-order chi connectivity index (χ1) is 58.1. The number of fused-ring (bicyclic) bond motifs is 4. The van der Waals surface area contributed by atoms with Gasteiger partial charge in [-0.25, -0.2) is 39.9 Å². The molecule has 0 aliphatic carbocycles. The summed E-state index contributed by atoms with van der Waals surface area (Å²) in [5, 5.41) is 16.8. The number of likely N-dealkylation sites (N-methyl/N-ethyl adjacent to an activating group) is 2. The molecule has 120 heavy (non-hydrogen) atoms. The minimum absolute atomic E-state index is 0.0301. The van der Waals surface area contributed by atoms with Crippen LogP contribution < -0.4 is 21.3 Å². The topological polar surface area (TPSA) is 354 Å². The molecular weight excluding hydrogens is 1510 g/mol. The van der Waals surface area contributed by atoms with Gasteiger partial charge < -0.3 is 70.6 Å². The molecule has 14 heterocycles. The second kappa shape index (κ2) is 36.0. The van der Waals surface area contributed by atoms with Crippen molar-refractivity contribution in [2.24, 2.45) is 0 Å². The number of anilines is 8. The first-order valence-electron chi connectivity index (χ1n) is 39.1. The van der Waals surface area contributed by atoms with Gasteiger partial charge in [0.2, 0.25) is 23.8 Å². The van der Waals surface area contributed by atoms with E-state index in [2.05, 4.69) is 152 Å². The molecule has 30 nitrogen and oxygen atoms in total. The van der Waals surface area contributed by atoms with E-state index < -0.39 is 0 Å². The molecule has 0 bridgehead atoms. The predicted molar refractivity (Wildman–Crippen MR) is 469 cm³/mol. The average molecular weight is 1600 g/mol. The Morgan fingerprint density at radius 2 is 0.642 bits per heavy atom. The first kappa shape index (κ1) is 80.2. The molecule has 0 atom stereocenters. The van der Waals surface area contributed by atoms with Gasteiger partial charge in [-0.1, -0.05) is 51.1 Å². The van der Waals surface area contributed by atoms with Gasteiger partial charge in [-0.15, -0.1) is 0 Å². The fraction of sp³-hybridized carbons (Fsp3) is 0.200. The van der Waals surface area contributed by atoms with E-state index in [0.29, 0.717) is 46.6 Å². The summed E-state index contributed by atoms with van der Waals surface area (Å²) in [7, 11) is 11.1. The maximum absolute atomic E-state index is 12.9. The van der Waals surface area contributed by atoms with Crippen molar-refractivity contribution < 1.29 is 19.2 Å². The van der Waals surface area contributed by atoms with E-state index >= 15 is 0 Å². The fourth-order valence-corrected chi connectivity index (χ4v) is 13.5. The number of aromatic amines is 4. The third kappa shape index (κ3) is 19.7. The first-order valence-corrected chi connectivity index (χ1v) is 39.1. The highest BCUT2D eigenvalue weighted by molar-refractivity contribution is 6.02. The summed E-state index contributed by atoms with van der Waals surface area (Å²) in [4.78, 5) is 127. The number of benzene rings is 4. The van der Waals surface area contributed by atoms with Crippen molar-refractivity contribution in [3.8, 4) is 45.6 Å². The number of carbonyl (C=O) groups is 4. The van der Waals surface area contributed by atoms with E-state index in [0.717, 1.165) is 164 Å². The average Bonchev–Trinajstić information content (AvgIpc) is 1.51. The normalized spacial score (nSPS) is 13.0. The minimum Gasteiger partial charge on any atom is -0.351 e. The Labute approximate surface area is 692 Å². The van der Waals surface area contributed by atoms with Crippen LogP contribution in [0.3, 0.4) is 0 Å². The van der Waals surface area contributed by atoms with Gasteiger partial charge in [0.15, 0.2) is 0 Å². The lowest BCUT2D eigenvalue weighted by Crippen LogP contribution is -2.47. The van der Waals surface area contributed by atoms with Crippen LogP contribution in [0.5, 0.6) is 0 Å². The van der Waals surface area contributed by atoms with Crippen LogP contribution in [-0.2, 0) is 5.41 Å². The van der Waals surface area contributed by atoms with E-state index in [1.807, 2.05) is 198 Å². The molecule has 2 aliphatic heterocycles. The Kier molecular flexibility index (Phi) is 24.0. The monoisotopic (exact) mass is 1600 g/mol. The van der Waals surface area contributed by atoms with Crippen molar-refractivity contribution in [1.82, 2.24) is 109 Å². The molecule has 4 aromatic carbocycles. The zero-order chi connectivity index (χ0) is 83.4. The lowest BCUT2D eigenvalue weighted by atomic mass is 9.87. The Morgan fingerprint density at radius 3 is 1.02 bits per heavy atom. The van der Waals surface area contributed by atoms with Crippen LogP contribution in [0.25, 0.3) is 89.2 Å². The molecule has 12 aromatic heterocycles. The zero-order valence-electron chi connectivity index (χ0n) is 67.9. The number of pyridine rings is 4. The third-order valence-electron chi connectivity index (χ3n) is 20.1. The summed E-state index contributed by atoms with van der Waals surface area (Å²) in [5.41, 5.74) is 16.7. The van der Waals surface area contributed by atoms with Crippen molar-refractivity contribution in [3.05, 3.63) is 266 Å². The van der Waals surface area contributed by atoms with Gasteiger partial charge in [-0.2, -0.15) is 0 Å². The number of nitrogens with zero attached hydrogens (tertiary/aromatic N) is 18. The molecule has 0 radical (unpaired) electrons. The Bertz CT molecular complexity index is 6130. The quantitative estimate of drug-likeness (QED) is 0.0445. The number of amides is 4. The van der Waals surface area contributed by atoms with E-state index in [1.165, 1.54) is 5.56 Å². The highest BCUT2D eigenvalue weighted by atomic mass is 16.2. The molecular formula is C90H90N26O4. The van der Waals surface area contributed by atoms with E-state index in [4.69, 9.17) is 0 Å². The molecule has 8 N–H and O–H groups in total. The van der Waals surface area contributed by atoms with Gasteiger partial charge in [0.1, 0.15) is 22.8 Å². The highest BCUT2D eigenvalue weighted by Gasteiger charge is 2.25. The van der Waals surface area contributed by atoms with Crippen LogP contribution in [0.1, 0.15) is 68.3 Å². The third-order valence-corrected chi connectivity index (χ3v) is 20.1. The SMILES string of the molecule is CN(C)C(=O)c1cc2cc(Nc3nccc(-c4ccccn4)n3)ccc2[nH]1.CN(C)C(=O)c1cc2ccc(Nc3nccc(-c4ccccn4)n3)cc2[nH]1.CN1CCN(C(=O)c2cc3cc(Nc4nccc(-c5cc(C(C)(C)C)ccn5)n4)ccc3[nH]2)CC1.CN1CCN(C(=O)c2cc3ccc(Nc4nccc(-c5ccccn5)n4)cc3[nH]2)CC1. The number of hydrogen-bond donors (Lipinski definition) is 8. The van der Waals surface area contributed by atoms with Crippen LogP contribution in [0, 0.1) is 0 Å². The number of hydrogen-bond acceptors (Lipinski definition) is 22. The Hall–Kier alpha value is -15.0. The van der Waals surface area contributed by atoms with Crippen molar-refractivity contribution in [3.63, 3.8) is 0 Å².